The second kappa shape index (κ2) is 7.70. The molecule has 0 saturated carbocycles. The van der Waals surface area contributed by atoms with E-state index in [1.807, 2.05) is 0 Å². The van der Waals surface area contributed by atoms with Gasteiger partial charge in [0.1, 0.15) is 5.82 Å². The van der Waals surface area contributed by atoms with Crippen molar-refractivity contribution in [2.24, 2.45) is 0 Å². The van der Waals surface area contributed by atoms with Crippen LogP contribution in [0.2, 0.25) is 0 Å². The third-order valence-corrected chi connectivity index (χ3v) is 5.13. The fourth-order valence-electron chi connectivity index (χ4n) is 3.54. The van der Waals surface area contributed by atoms with Crippen molar-refractivity contribution in [3.05, 3.63) is 101 Å². The largest absolute Gasteiger partial charge is 0.416 e. The standard InChI is InChI=1S/C24H13F4N3O2/c25-16-8-10-17(11-9-16)31-13-20(18-6-1-2-7-19(18)23(31)32)22-29-21(30-33-22)14-4-3-5-15(12-14)24(26,27)28/h1-13H. The summed E-state index contributed by atoms with van der Waals surface area (Å²) in [4.78, 5) is 17.3. The first-order valence-electron chi connectivity index (χ1n) is 9.73. The fraction of sp³-hybridized carbons (Fsp3) is 0.0417. The van der Waals surface area contributed by atoms with E-state index in [1.54, 1.807) is 24.3 Å². The van der Waals surface area contributed by atoms with Gasteiger partial charge in [-0.3, -0.25) is 9.36 Å². The highest BCUT2D eigenvalue weighted by molar-refractivity contribution is 5.94. The summed E-state index contributed by atoms with van der Waals surface area (Å²) in [7, 11) is 0. The van der Waals surface area contributed by atoms with E-state index in [4.69, 9.17) is 4.52 Å². The second-order valence-corrected chi connectivity index (χ2v) is 7.24. The zero-order valence-electron chi connectivity index (χ0n) is 16.7. The lowest BCUT2D eigenvalue weighted by Gasteiger charge is -2.10. The van der Waals surface area contributed by atoms with Crippen LogP contribution >= 0.6 is 0 Å². The Bertz CT molecular complexity index is 1540. The van der Waals surface area contributed by atoms with Crippen LogP contribution in [0.4, 0.5) is 17.6 Å². The number of pyridine rings is 1. The molecule has 0 aliphatic carbocycles. The molecule has 2 heterocycles. The van der Waals surface area contributed by atoms with Crippen LogP contribution in [0.5, 0.6) is 0 Å². The first-order chi connectivity index (χ1) is 15.8. The van der Waals surface area contributed by atoms with Gasteiger partial charge in [0.15, 0.2) is 0 Å². The number of aromatic nitrogens is 3. The number of nitrogens with zero attached hydrogens (tertiary/aromatic N) is 3. The molecule has 9 heteroatoms. The molecule has 3 aromatic carbocycles. The van der Waals surface area contributed by atoms with Crippen LogP contribution in [0.15, 0.2) is 88.3 Å². The molecule has 5 nitrogen and oxygen atoms in total. The topological polar surface area (TPSA) is 60.9 Å². The molecule has 0 N–H and O–H groups in total. The molecule has 0 unspecified atom stereocenters. The number of alkyl halides is 3. The number of rotatable bonds is 3. The van der Waals surface area contributed by atoms with Gasteiger partial charge >= 0.3 is 6.18 Å². The third kappa shape index (κ3) is 3.78. The highest BCUT2D eigenvalue weighted by Crippen LogP contribution is 2.33. The Morgan fingerprint density at radius 2 is 1.61 bits per heavy atom. The van der Waals surface area contributed by atoms with Crippen LogP contribution in [0.25, 0.3) is 39.3 Å². The van der Waals surface area contributed by atoms with Crippen LogP contribution in [-0.2, 0) is 6.18 Å². The molecule has 164 valence electrons. The van der Waals surface area contributed by atoms with Crippen LogP contribution < -0.4 is 5.56 Å². The molecule has 0 aliphatic heterocycles. The average molecular weight is 451 g/mol. The summed E-state index contributed by atoms with van der Waals surface area (Å²) in [5, 5.41) is 4.73. The van der Waals surface area contributed by atoms with E-state index in [0.717, 1.165) is 12.1 Å². The molecule has 0 atom stereocenters. The molecule has 0 fully saturated rings. The summed E-state index contributed by atoms with van der Waals surface area (Å²) in [5.41, 5.74) is -0.206. The molecular formula is C24H13F4N3O2. The maximum atomic E-state index is 13.4. The Labute approximate surface area is 183 Å². The van der Waals surface area contributed by atoms with Gasteiger partial charge in [0.05, 0.1) is 11.1 Å². The van der Waals surface area contributed by atoms with E-state index in [2.05, 4.69) is 10.1 Å². The highest BCUT2D eigenvalue weighted by atomic mass is 19.4. The Morgan fingerprint density at radius 3 is 2.33 bits per heavy atom. The fourth-order valence-corrected chi connectivity index (χ4v) is 3.54. The number of hydrogen-bond acceptors (Lipinski definition) is 4. The monoisotopic (exact) mass is 451 g/mol. The molecule has 0 bridgehead atoms. The maximum absolute atomic E-state index is 13.4. The van der Waals surface area contributed by atoms with E-state index < -0.39 is 17.6 Å². The van der Waals surface area contributed by atoms with Gasteiger partial charge in [0, 0.05) is 28.2 Å². The maximum Gasteiger partial charge on any atom is 0.416 e. The zero-order chi connectivity index (χ0) is 23.2. The van der Waals surface area contributed by atoms with Crippen molar-refractivity contribution in [3.8, 4) is 28.5 Å². The summed E-state index contributed by atoms with van der Waals surface area (Å²) >= 11 is 0. The van der Waals surface area contributed by atoms with Crippen molar-refractivity contribution in [3.63, 3.8) is 0 Å². The normalized spacial score (nSPS) is 11.8. The summed E-state index contributed by atoms with van der Waals surface area (Å²) in [5.74, 6) is -0.454. The first kappa shape index (κ1) is 20.6. The van der Waals surface area contributed by atoms with Crippen molar-refractivity contribution in [2.45, 2.75) is 6.18 Å². The van der Waals surface area contributed by atoms with Crippen molar-refractivity contribution in [2.75, 3.05) is 0 Å². The third-order valence-electron chi connectivity index (χ3n) is 5.13. The Hall–Kier alpha value is -4.27. The van der Waals surface area contributed by atoms with E-state index >= 15 is 0 Å². The van der Waals surface area contributed by atoms with Gasteiger partial charge in [-0.25, -0.2) is 4.39 Å². The number of fused-ring (bicyclic) bond motifs is 1. The predicted molar refractivity (Wildman–Crippen MR) is 113 cm³/mol. The lowest BCUT2D eigenvalue weighted by Crippen LogP contribution is -2.18. The van der Waals surface area contributed by atoms with Crippen molar-refractivity contribution in [1.82, 2.24) is 14.7 Å². The Balaban J connectivity index is 1.67. The second-order valence-electron chi connectivity index (χ2n) is 7.24. The average Bonchev–Trinajstić information content (AvgIpc) is 3.30. The van der Waals surface area contributed by atoms with E-state index in [-0.39, 0.29) is 22.8 Å². The molecule has 5 aromatic rings. The van der Waals surface area contributed by atoms with Gasteiger partial charge in [-0.05, 0) is 42.5 Å². The first-order valence-corrected chi connectivity index (χ1v) is 9.73. The highest BCUT2D eigenvalue weighted by Gasteiger charge is 2.31. The van der Waals surface area contributed by atoms with Gasteiger partial charge < -0.3 is 4.52 Å². The minimum absolute atomic E-state index is 0.0227. The summed E-state index contributed by atoms with van der Waals surface area (Å²) in [6, 6.07) is 16.7. The zero-order valence-corrected chi connectivity index (χ0v) is 16.7. The van der Waals surface area contributed by atoms with Crippen LogP contribution in [0, 0.1) is 5.82 Å². The molecule has 0 saturated heterocycles. The van der Waals surface area contributed by atoms with Gasteiger partial charge in [-0.1, -0.05) is 35.5 Å². The molecule has 33 heavy (non-hydrogen) atoms. The van der Waals surface area contributed by atoms with Crippen molar-refractivity contribution < 1.29 is 22.1 Å². The summed E-state index contributed by atoms with van der Waals surface area (Å²) in [6.07, 6.45) is -3.02. The van der Waals surface area contributed by atoms with Crippen molar-refractivity contribution >= 4 is 10.8 Å². The molecular weight excluding hydrogens is 438 g/mol. The smallest absolute Gasteiger partial charge is 0.334 e. The molecule has 2 aromatic heterocycles. The van der Waals surface area contributed by atoms with E-state index in [0.29, 0.717) is 22.0 Å². The Kier molecular flexibility index (Phi) is 4.81. The minimum atomic E-state index is -4.51. The van der Waals surface area contributed by atoms with Gasteiger partial charge in [-0.15, -0.1) is 0 Å². The SMILES string of the molecule is O=c1c2ccccc2c(-c2nc(-c3cccc(C(F)(F)F)c3)no2)cn1-c1ccc(F)cc1. The van der Waals surface area contributed by atoms with Crippen LogP contribution in [0.1, 0.15) is 5.56 Å². The van der Waals surface area contributed by atoms with E-state index in [1.165, 1.54) is 47.2 Å². The van der Waals surface area contributed by atoms with Crippen LogP contribution in [-0.4, -0.2) is 14.7 Å². The van der Waals surface area contributed by atoms with Gasteiger partial charge in [-0.2, -0.15) is 18.2 Å². The molecule has 5 rings (SSSR count). The van der Waals surface area contributed by atoms with E-state index in [9.17, 15) is 22.4 Å². The number of halogens is 4. The summed E-state index contributed by atoms with van der Waals surface area (Å²) in [6.45, 7) is 0. The Morgan fingerprint density at radius 1 is 0.879 bits per heavy atom. The molecule has 0 aliphatic rings. The minimum Gasteiger partial charge on any atom is -0.334 e. The summed E-state index contributed by atoms with van der Waals surface area (Å²) < 4.78 is 59.3. The number of hydrogen-bond donors (Lipinski definition) is 0. The lowest BCUT2D eigenvalue weighted by molar-refractivity contribution is -0.137. The van der Waals surface area contributed by atoms with Crippen molar-refractivity contribution in [1.29, 1.82) is 0 Å². The predicted octanol–water partition coefficient (Wildman–Crippen LogP) is 5.87. The van der Waals surface area contributed by atoms with Gasteiger partial charge in [0.25, 0.3) is 11.4 Å². The molecule has 0 radical (unpaired) electrons. The quantitative estimate of drug-likeness (QED) is 0.322. The number of benzene rings is 3. The van der Waals surface area contributed by atoms with Gasteiger partial charge in [0.2, 0.25) is 5.82 Å². The molecule has 0 spiro atoms. The lowest BCUT2D eigenvalue weighted by atomic mass is 10.1. The van der Waals surface area contributed by atoms with Crippen LogP contribution in [0.3, 0.4) is 0 Å². The molecule has 0 amide bonds.